The second-order valence-electron chi connectivity index (χ2n) is 5.84. The number of carbonyl (C=O) groups is 2. The second-order valence-corrected chi connectivity index (χ2v) is 5.84. The first-order chi connectivity index (χ1) is 14.1. The molecule has 8 nitrogen and oxygen atoms in total. The molecule has 2 aromatic carbocycles. The number of methoxy groups -OCH3 is 1. The third kappa shape index (κ3) is 4.86. The summed E-state index contributed by atoms with van der Waals surface area (Å²) < 4.78 is 10.3. The average molecular weight is 392 g/mol. The molecule has 148 valence electrons. The van der Waals surface area contributed by atoms with Crippen LogP contribution >= 0.6 is 0 Å². The number of anilines is 3. The van der Waals surface area contributed by atoms with E-state index in [0.29, 0.717) is 22.7 Å². The summed E-state index contributed by atoms with van der Waals surface area (Å²) in [5, 5.41) is 5.73. The number of esters is 1. The molecule has 0 aliphatic heterocycles. The monoisotopic (exact) mass is 392 g/mol. The molecule has 3 rings (SSSR count). The lowest BCUT2D eigenvalue weighted by Gasteiger charge is -2.11. The van der Waals surface area contributed by atoms with Gasteiger partial charge in [0, 0.05) is 12.4 Å². The minimum absolute atomic E-state index is 0.246. The summed E-state index contributed by atoms with van der Waals surface area (Å²) in [6.07, 6.45) is 2.79. The molecule has 0 aliphatic rings. The molecule has 1 heterocycles. The maximum absolute atomic E-state index is 12.4. The Labute approximate surface area is 167 Å². The Morgan fingerprint density at radius 3 is 2.31 bits per heavy atom. The summed E-state index contributed by atoms with van der Waals surface area (Å²) in [5.74, 6) is -0.0115. The number of para-hydroxylation sites is 3. The van der Waals surface area contributed by atoms with Gasteiger partial charge in [0.25, 0.3) is 5.91 Å². The van der Waals surface area contributed by atoms with E-state index in [1.807, 2.05) is 6.07 Å². The fourth-order valence-electron chi connectivity index (χ4n) is 2.55. The highest BCUT2D eigenvalue weighted by Gasteiger charge is 2.14. The number of amides is 1. The van der Waals surface area contributed by atoms with Gasteiger partial charge in [-0.25, -0.2) is 14.8 Å². The zero-order valence-corrected chi connectivity index (χ0v) is 16.0. The van der Waals surface area contributed by atoms with Gasteiger partial charge >= 0.3 is 5.97 Å². The molecule has 0 bridgehead atoms. The van der Waals surface area contributed by atoms with E-state index < -0.39 is 5.97 Å². The van der Waals surface area contributed by atoms with Gasteiger partial charge in [-0.1, -0.05) is 24.3 Å². The first kappa shape index (κ1) is 19.8. The van der Waals surface area contributed by atoms with Gasteiger partial charge in [-0.2, -0.15) is 0 Å². The number of rotatable bonds is 7. The van der Waals surface area contributed by atoms with Crippen molar-refractivity contribution in [3.63, 3.8) is 0 Å². The van der Waals surface area contributed by atoms with Gasteiger partial charge in [0.2, 0.25) is 5.95 Å². The molecule has 0 fully saturated rings. The van der Waals surface area contributed by atoms with E-state index in [2.05, 4.69) is 20.6 Å². The molecule has 0 radical (unpaired) electrons. The van der Waals surface area contributed by atoms with Crippen molar-refractivity contribution in [2.75, 3.05) is 24.4 Å². The Morgan fingerprint density at radius 2 is 1.62 bits per heavy atom. The molecule has 2 N–H and O–H groups in total. The van der Waals surface area contributed by atoms with Crippen molar-refractivity contribution < 1.29 is 19.1 Å². The highest BCUT2D eigenvalue weighted by molar-refractivity contribution is 6.04. The Balaban J connectivity index is 1.73. The third-order valence-electron chi connectivity index (χ3n) is 3.94. The molecule has 0 spiro atoms. The van der Waals surface area contributed by atoms with Crippen molar-refractivity contribution in [1.82, 2.24) is 9.97 Å². The molecular formula is C21H20N4O4. The van der Waals surface area contributed by atoms with Crippen molar-refractivity contribution in [3.05, 3.63) is 72.1 Å². The van der Waals surface area contributed by atoms with E-state index in [9.17, 15) is 9.59 Å². The maximum atomic E-state index is 12.4. The Morgan fingerprint density at radius 1 is 0.966 bits per heavy atom. The van der Waals surface area contributed by atoms with E-state index in [0.717, 1.165) is 0 Å². The van der Waals surface area contributed by atoms with Crippen LogP contribution in [0.1, 0.15) is 27.6 Å². The van der Waals surface area contributed by atoms with Crippen molar-refractivity contribution >= 4 is 29.2 Å². The summed E-state index contributed by atoms with van der Waals surface area (Å²) in [6, 6.07) is 14.0. The van der Waals surface area contributed by atoms with Crippen LogP contribution in [0.15, 0.2) is 60.9 Å². The number of hydrogen-bond donors (Lipinski definition) is 2. The smallest absolute Gasteiger partial charge is 0.340 e. The van der Waals surface area contributed by atoms with Crippen LogP contribution < -0.4 is 15.4 Å². The van der Waals surface area contributed by atoms with Crippen LogP contribution in [0.3, 0.4) is 0 Å². The van der Waals surface area contributed by atoms with E-state index in [-0.39, 0.29) is 24.0 Å². The number of hydrogen-bond acceptors (Lipinski definition) is 7. The number of nitrogens with one attached hydrogen (secondary N) is 2. The summed E-state index contributed by atoms with van der Waals surface area (Å²) in [6.45, 7) is 2.02. The maximum Gasteiger partial charge on any atom is 0.340 e. The molecule has 0 saturated carbocycles. The van der Waals surface area contributed by atoms with Crippen molar-refractivity contribution in [3.8, 4) is 5.75 Å². The predicted molar refractivity (Wildman–Crippen MR) is 109 cm³/mol. The number of ether oxygens (including phenoxy) is 2. The largest absolute Gasteiger partial charge is 0.495 e. The van der Waals surface area contributed by atoms with Crippen LogP contribution in [0.5, 0.6) is 5.75 Å². The molecule has 1 aromatic heterocycles. The summed E-state index contributed by atoms with van der Waals surface area (Å²) in [4.78, 5) is 32.8. The lowest BCUT2D eigenvalue weighted by molar-refractivity contribution is 0.0527. The van der Waals surface area contributed by atoms with Gasteiger partial charge in [-0.05, 0) is 31.2 Å². The lowest BCUT2D eigenvalue weighted by atomic mass is 10.2. The Kier molecular flexibility index (Phi) is 6.36. The van der Waals surface area contributed by atoms with Crippen LogP contribution in [-0.4, -0.2) is 35.6 Å². The first-order valence-electron chi connectivity index (χ1n) is 8.92. The topological polar surface area (TPSA) is 102 Å². The van der Waals surface area contributed by atoms with Crippen LogP contribution in [-0.2, 0) is 4.74 Å². The number of nitrogens with zero attached hydrogens (tertiary/aromatic N) is 2. The molecule has 0 saturated heterocycles. The number of aromatic nitrogens is 2. The quantitative estimate of drug-likeness (QED) is 0.592. The fourth-order valence-corrected chi connectivity index (χ4v) is 2.55. The zero-order chi connectivity index (χ0) is 20.6. The summed E-state index contributed by atoms with van der Waals surface area (Å²) in [7, 11) is 1.53. The average Bonchev–Trinajstić information content (AvgIpc) is 2.75. The Bertz CT molecular complexity index is 1010. The summed E-state index contributed by atoms with van der Waals surface area (Å²) in [5.41, 5.74) is 1.71. The SMILES string of the molecule is CCOC(=O)c1ccccc1Nc1ncc(C(=O)Nc2ccccc2OC)cn1. The highest BCUT2D eigenvalue weighted by Crippen LogP contribution is 2.24. The van der Waals surface area contributed by atoms with Crippen LogP contribution in [0, 0.1) is 0 Å². The van der Waals surface area contributed by atoms with Crippen LogP contribution in [0.4, 0.5) is 17.3 Å². The molecule has 1 amide bonds. The number of benzene rings is 2. The van der Waals surface area contributed by atoms with Crippen molar-refractivity contribution in [2.45, 2.75) is 6.92 Å². The van der Waals surface area contributed by atoms with Crippen molar-refractivity contribution in [1.29, 1.82) is 0 Å². The minimum Gasteiger partial charge on any atom is -0.495 e. The van der Waals surface area contributed by atoms with Gasteiger partial charge in [-0.3, -0.25) is 4.79 Å². The zero-order valence-electron chi connectivity index (χ0n) is 16.0. The van der Waals surface area contributed by atoms with Crippen LogP contribution in [0.2, 0.25) is 0 Å². The molecule has 29 heavy (non-hydrogen) atoms. The molecular weight excluding hydrogens is 372 g/mol. The number of carbonyl (C=O) groups excluding carboxylic acids is 2. The molecule has 8 heteroatoms. The lowest BCUT2D eigenvalue weighted by Crippen LogP contribution is -2.14. The van der Waals surface area contributed by atoms with Gasteiger partial charge in [0.1, 0.15) is 5.75 Å². The van der Waals surface area contributed by atoms with E-state index >= 15 is 0 Å². The Hall–Kier alpha value is -3.94. The second kappa shape index (κ2) is 9.32. The normalized spacial score (nSPS) is 10.1. The van der Waals surface area contributed by atoms with E-state index in [1.165, 1.54) is 19.5 Å². The van der Waals surface area contributed by atoms with E-state index in [4.69, 9.17) is 9.47 Å². The third-order valence-corrected chi connectivity index (χ3v) is 3.94. The molecule has 0 aliphatic carbocycles. The standard InChI is InChI=1S/C21H20N4O4/c1-3-29-20(27)15-8-4-5-9-16(15)25-21-22-12-14(13-23-21)19(26)24-17-10-6-7-11-18(17)28-2/h4-13H,3H2,1-2H3,(H,24,26)(H,22,23,25). The van der Waals surface area contributed by atoms with Gasteiger partial charge in [-0.15, -0.1) is 0 Å². The van der Waals surface area contributed by atoms with E-state index in [1.54, 1.807) is 49.4 Å². The molecule has 0 unspecified atom stereocenters. The fraction of sp³-hybridized carbons (Fsp3) is 0.143. The van der Waals surface area contributed by atoms with Gasteiger partial charge in [0.05, 0.1) is 36.2 Å². The first-order valence-corrected chi connectivity index (χ1v) is 8.92. The van der Waals surface area contributed by atoms with Crippen molar-refractivity contribution in [2.24, 2.45) is 0 Å². The summed E-state index contributed by atoms with van der Waals surface area (Å²) >= 11 is 0. The van der Waals surface area contributed by atoms with Crippen LogP contribution in [0.25, 0.3) is 0 Å². The molecule has 3 aromatic rings. The highest BCUT2D eigenvalue weighted by atomic mass is 16.5. The predicted octanol–water partition coefficient (Wildman–Crippen LogP) is 3.66. The van der Waals surface area contributed by atoms with Gasteiger partial charge in [0.15, 0.2) is 0 Å². The molecule has 0 atom stereocenters. The van der Waals surface area contributed by atoms with Gasteiger partial charge < -0.3 is 20.1 Å². The minimum atomic E-state index is -0.441.